The summed E-state index contributed by atoms with van der Waals surface area (Å²) in [6, 6.07) is 8.85. The van der Waals surface area contributed by atoms with E-state index in [0.717, 1.165) is 11.3 Å². The van der Waals surface area contributed by atoms with Crippen LogP contribution in [0, 0.1) is 6.92 Å². The van der Waals surface area contributed by atoms with Gasteiger partial charge in [0.15, 0.2) is 5.79 Å². The molecule has 0 bridgehead atoms. The van der Waals surface area contributed by atoms with Crippen molar-refractivity contribution in [2.75, 3.05) is 18.5 Å². The highest BCUT2D eigenvalue weighted by Gasteiger charge is 2.33. The van der Waals surface area contributed by atoms with Crippen LogP contribution in [0.2, 0.25) is 5.02 Å². The number of benzene rings is 1. The molecule has 26 heavy (non-hydrogen) atoms. The summed E-state index contributed by atoms with van der Waals surface area (Å²) in [7, 11) is 0. The van der Waals surface area contributed by atoms with E-state index in [0.29, 0.717) is 23.0 Å². The highest BCUT2D eigenvalue weighted by atomic mass is 35.5. The van der Waals surface area contributed by atoms with E-state index in [9.17, 15) is 4.79 Å². The van der Waals surface area contributed by atoms with Gasteiger partial charge in [-0.05, 0) is 50.6 Å². The summed E-state index contributed by atoms with van der Waals surface area (Å²) in [5, 5.41) is 3.79. The largest absolute Gasteiger partial charge is 0.459 e. The van der Waals surface area contributed by atoms with Gasteiger partial charge in [0.1, 0.15) is 24.1 Å². The Hall–Kier alpha value is -2.15. The zero-order valence-electron chi connectivity index (χ0n) is 14.9. The fraction of sp³-hybridized carbons (Fsp3) is 0.368. The topological polar surface area (TPSA) is 69.7 Å². The summed E-state index contributed by atoms with van der Waals surface area (Å²) in [5.74, 6) is -0.720. The standard InChI is InChI=1S/C19H21ClN2O4/c1-12-15(20)7-4-8-16(12)22-17-14(6-5-9-21-17)18(23)24-10-13-11-25-19(2,3)26-13/h4-9,13H,10-11H2,1-3H3,(H,21,22). The monoisotopic (exact) mass is 376 g/mol. The lowest BCUT2D eigenvalue weighted by Gasteiger charge is -2.17. The van der Waals surface area contributed by atoms with E-state index < -0.39 is 11.8 Å². The Labute approximate surface area is 157 Å². The smallest absolute Gasteiger partial charge is 0.342 e. The van der Waals surface area contributed by atoms with E-state index in [4.69, 9.17) is 25.8 Å². The molecule has 7 heteroatoms. The molecule has 1 fully saturated rings. The third kappa shape index (κ3) is 4.33. The number of esters is 1. The highest BCUT2D eigenvalue weighted by molar-refractivity contribution is 6.31. The fourth-order valence-electron chi connectivity index (χ4n) is 2.63. The zero-order valence-corrected chi connectivity index (χ0v) is 15.7. The van der Waals surface area contributed by atoms with Gasteiger partial charge in [0.2, 0.25) is 0 Å². The first-order chi connectivity index (χ1) is 12.4. The summed E-state index contributed by atoms with van der Waals surface area (Å²) in [6.45, 7) is 6.05. The molecule has 0 amide bonds. The van der Waals surface area contributed by atoms with Crippen molar-refractivity contribution < 1.29 is 19.0 Å². The Morgan fingerprint density at radius 3 is 2.92 bits per heavy atom. The number of anilines is 2. The second kappa shape index (κ2) is 7.61. The highest BCUT2D eigenvalue weighted by Crippen LogP contribution is 2.27. The van der Waals surface area contributed by atoms with Crippen LogP contribution < -0.4 is 5.32 Å². The Balaban J connectivity index is 1.70. The number of hydrogen-bond donors (Lipinski definition) is 1. The minimum absolute atomic E-state index is 0.118. The molecule has 0 saturated carbocycles. The number of hydrogen-bond acceptors (Lipinski definition) is 6. The first-order valence-corrected chi connectivity index (χ1v) is 8.69. The van der Waals surface area contributed by atoms with E-state index in [1.54, 1.807) is 24.4 Å². The van der Waals surface area contributed by atoms with Crippen molar-refractivity contribution in [3.05, 3.63) is 52.7 Å². The Morgan fingerprint density at radius 1 is 1.38 bits per heavy atom. The van der Waals surface area contributed by atoms with Crippen molar-refractivity contribution in [2.45, 2.75) is 32.7 Å². The van der Waals surface area contributed by atoms with Crippen LogP contribution in [0.5, 0.6) is 0 Å². The molecule has 1 aromatic carbocycles. The molecule has 1 unspecified atom stereocenters. The van der Waals surface area contributed by atoms with Crippen molar-refractivity contribution in [3.8, 4) is 0 Å². The molecule has 6 nitrogen and oxygen atoms in total. The molecule has 2 heterocycles. The lowest BCUT2D eigenvalue weighted by Crippen LogP contribution is -2.25. The maximum Gasteiger partial charge on any atom is 0.342 e. The predicted octanol–water partition coefficient (Wildman–Crippen LogP) is 4.10. The van der Waals surface area contributed by atoms with Crippen molar-refractivity contribution >= 4 is 29.1 Å². The van der Waals surface area contributed by atoms with E-state index in [-0.39, 0.29) is 12.7 Å². The van der Waals surface area contributed by atoms with Crippen LogP contribution in [0.25, 0.3) is 0 Å². The maximum atomic E-state index is 12.5. The summed E-state index contributed by atoms with van der Waals surface area (Å²) < 4.78 is 16.5. The Morgan fingerprint density at radius 2 is 2.19 bits per heavy atom. The number of nitrogens with zero attached hydrogens (tertiary/aromatic N) is 1. The van der Waals surface area contributed by atoms with Crippen LogP contribution in [0.15, 0.2) is 36.5 Å². The van der Waals surface area contributed by atoms with Gasteiger partial charge in [-0.15, -0.1) is 0 Å². The summed E-state index contributed by atoms with van der Waals surface area (Å²) in [4.78, 5) is 16.8. The summed E-state index contributed by atoms with van der Waals surface area (Å²) >= 11 is 6.15. The number of ether oxygens (including phenoxy) is 3. The van der Waals surface area contributed by atoms with E-state index in [1.807, 2.05) is 32.9 Å². The van der Waals surface area contributed by atoms with Gasteiger partial charge in [-0.1, -0.05) is 17.7 Å². The number of aromatic nitrogens is 1. The van der Waals surface area contributed by atoms with Crippen molar-refractivity contribution in [1.29, 1.82) is 0 Å². The fourth-order valence-corrected chi connectivity index (χ4v) is 2.81. The average molecular weight is 377 g/mol. The van der Waals surface area contributed by atoms with Crippen LogP contribution in [-0.2, 0) is 14.2 Å². The first kappa shape index (κ1) is 18.6. The Kier molecular flexibility index (Phi) is 5.46. The number of carbonyl (C=O) groups is 1. The number of nitrogens with one attached hydrogen (secondary N) is 1. The first-order valence-electron chi connectivity index (χ1n) is 8.32. The van der Waals surface area contributed by atoms with E-state index in [1.165, 1.54) is 0 Å². The van der Waals surface area contributed by atoms with Gasteiger partial charge in [0, 0.05) is 16.9 Å². The van der Waals surface area contributed by atoms with Crippen LogP contribution in [0.3, 0.4) is 0 Å². The Bertz CT molecular complexity index is 810. The molecule has 0 spiro atoms. The quantitative estimate of drug-likeness (QED) is 0.792. The average Bonchev–Trinajstić information content (AvgIpc) is 2.96. The van der Waals surface area contributed by atoms with Crippen LogP contribution in [0.4, 0.5) is 11.5 Å². The van der Waals surface area contributed by atoms with Crippen molar-refractivity contribution in [2.24, 2.45) is 0 Å². The number of carbonyl (C=O) groups excluding carboxylic acids is 1. The van der Waals surface area contributed by atoms with Crippen LogP contribution in [0.1, 0.15) is 29.8 Å². The molecule has 1 aliphatic rings. The molecular weight excluding hydrogens is 356 g/mol. The molecule has 138 valence electrons. The SMILES string of the molecule is Cc1c(Cl)cccc1Nc1ncccc1C(=O)OCC1COC(C)(C)O1. The molecule has 1 aromatic heterocycles. The van der Waals surface area contributed by atoms with Crippen LogP contribution in [-0.4, -0.2) is 36.1 Å². The van der Waals surface area contributed by atoms with E-state index in [2.05, 4.69) is 10.3 Å². The number of rotatable bonds is 5. The molecule has 1 aliphatic heterocycles. The third-order valence-corrected chi connectivity index (χ3v) is 4.43. The lowest BCUT2D eigenvalue weighted by atomic mass is 10.2. The molecular formula is C19H21ClN2O4. The molecule has 3 rings (SSSR count). The van der Waals surface area contributed by atoms with Crippen molar-refractivity contribution in [1.82, 2.24) is 4.98 Å². The minimum Gasteiger partial charge on any atom is -0.459 e. The van der Waals surface area contributed by atoms with Gasteiger partial charge in [-0.2, -0.15) is 0 Å². The number of pyridine rings is 1. The lowest BCUT2D eigenvalue weighted by molar-refractivity contribution is -0.142. The third-order valence-electron chi connectivity index (χ3n) is 4.02. The molecule has 0 radical (unpaired) electrons. The zero-order chi connectivity index (χ0) is 18.7. The van der Waals surface area contributed by atoms with Gasteiger partial charge in [0.25, 0.3) is 0 Å². The number of halogens is 1. The van der Waals surface area contributed by atoms with Crippen LogP contribution >= 0.6 is 11.6 Å². The van der Waals surface area contributed by atoms with Gasteiger partial charge < -0.3 is 19.5 Å². The summed E-state index contributed by atoms with van der Waals surface area (Å²) in [5.41, 5.74) is 1.99. The molecule has 1 N–H and O–H groups in total. The normalized spacial score (nSPS) is 18.5. The van der Waals surface area contributed by atoms with Gasteiger partial charge in [-0.25, -0.2) is 9.78 Å². The van der Waals surface area contributed by atoms with Crippen molar-refractivity contribution in [3.63, 3.8) is 0 Å². The second-order valence-corrected chi connectivity index (χ2v) is 6.89. The predicted molar refractivity (Wildman–Crippen MR) is 98.9 cm³/mol. The molecule has 1 saturated heterocycles. The molecule has 1 atom stereocenters. The maximum absolute atomic E-state index is 12.5. The molecule has 0 aliphatic carbocycles. The van der Waals surface area contributed by atoms with Gasteiger partial charge >= 0.3 is 5.97 Å². The van der Waals surface area contributed by atoms with E-state index >= 15 is 0 Å². The molecule has 2 aromatic rings. The van der Waals surface area contributed by atoms with Gasteiger partial charge in [0.05, 0.1) is 6.61 Å². The van der Waals surface area contributed by atoms with Gasteiger partial charge in [-0.3, -0.25) is 0 Å². The summed E-state index contributed by atoms with van der Waals surface area (Å²) in [6.07, 6.45) is 1.33. The minimum atomic E-state index is -0.651. The second-order valence-electron chi connectivity index (χ2n) is 6.49.